The van der Waals surface area contributed by atoms with Gasteiger partial charge in [0, 0.05) is 37.3 Å². The number of piperazine rings is 1. The highest BCUT2D eigenvalue weighted by molar-refractivity contribution is 5.79. The molecule has 1 saturated heterocycles. The summed E-state index contributed by atoms with van der Waals surface area (Å²) < 4.78 is 15.0. The van der Waals surface area contributed by atoms with Crippen molar-refractivity contribution in [1.82, 2.24) is 15.8 Å². The minimum Gasteiger partial charge on any atom is -0.369 e. The van der Waals surface area contributed by atoms with Crippen LogP contribution in [0.25, 0.3) is 0 Å². The quantitative estimate of drug-likeness (QED) is 0.619. The number of halogens is 1. The van der Waals surface area contributed by atoms with Crippen molar-refractivity contribution in [2.75, 3.05) is 24.5 Å². The summed E-state index contributed by atoms with van der Waals surface area (Å²) in [6.45, 7) is 4.99. The average molecular weight is 388 g/mol. The molecule has 2 saturated carbocycles. The maximum absolute atomic E-state index is 15.0. The lowest BCUT2D eigenvalue weighted by molar-refractivity contribution is 0.0899. The molecule has 1 aromatic carbocycles. The van der Waals surface area contributed by atoms with Gasteiger partial charge in [0.15, 0.2) is 0 Å². The van der Waals surface area contributed by atoms with Gasteiger partial charge in [0.1, 0.15) is 5.82 Å². The van der Waals surface area contributed by atoms with Crippen LogP contribution in [0.4, 0.5) is 10.1 Å². The molecule has 2 aliphatic heterocycles. The number of hydrogen-bond acceptors (Lipinski definition) is 7. The van der Waals surface area contributed by atoms with Gasteiger partial charge in [-0.05, 0) is 50.2 Å². The molecule has 1 unspecified atom stereocenters. The lowest BCUT2D eigenvalue weighted by atomic mass is 9.92. The van der Waals surface area contributed by atoms with Crippen LogP contribution in [0.2, 0.25) is 0 Å². The monoisotopic (exact) mass is 387 g/mol. The van der Waals surface area contributed by atoms with Gasteiger partial charge < -0.3 is 10.6 Å². The maximum Gasteiger partial charge on any atom is 0.209 e. The van der Waals surface area contributed by atoms with Crippen LogP contribution in [0.15, 0.2) is 23.2 Å². The Balaban J connectivity index is 1.30. The molecule has 2 aliphatic carbocycles. The Morgan fingerprint density at radius 3 is 2.71 bits per heavy atom. The van der Waals surface area contributed by atoms with E-state index in [1.54, 1.807) is 0 Å². The molecule has 7 nitrogen and oxygen atoms in total. The molecule has 2 bridgehead atoms. The van der Waals surface area contributed by atoms with E-state index < -0.39 is 5.79 Å². The lowest BCUT2D eigenvalue weighted by Crippen LogP contribution is -2.56. The molecule has 5 rings (SSSR count). The van der Waals surface area contributed by atoms with E-state index in [-0.39, 0.29) is 11.8 Å². The summed E-state index contributed by atoms with van der Waals surface area (Å²) in [6.07, 6.45) is 5.61. The number of guanidine groups is 1. The molecular formula is C20H30FN7. The maximum atomic E-state index is 15.0. The van der Waals surface area contributed by atoms with E-state index in [4.69, 9.17) is 11.5 Å². The van der Waals surface area contributed by atoms with Crippen molar-refractivity contribution in [1.29, 1.82) is 0 Å². The zero-order valence-electron chi connectivity index (χ0n) is 16.4. The van der Waals surface area contributed by atoms with E-state index in [2.05, 4.69) is 32.6 Å². The Kier molecular flexibility index (Phi) is 4.26. The Labute approximate surface area is 165 Å². The molecule has 0 amide bonds. The van der Waals surface area contributed by atoms with Crippen LogP contribution >= 0.6 is 0 Å². The highest BCUT2D eigenvalue weighted by Crippen LogP contribution is 2.47. The lowest BCUT2D eigenvalue weighted by Gasteiger charge is -2.46. The molecule has 3 fully saturated rings. The number of hydrogen-bond donors (Lipinski definition) is 4. The molecular weight excluding hydrogens is 357 g/mol. The van der Waals surface area contributed by atoms with Gasteiger partial charge in [-0.25, -0.2) is 9.38 Å². The normalized spacial score (nSPS) is 38.0. The first-order chi connectivity index (χ1) is 13.4. The highest BCUT2D eigenvalue weighted by atomic mass is 19.1. The van der Waals surface area contributed by atoms with Crippen molar-refractivity contribution in [3.05, 3.63) is 29.6 Å². The first kappa shape index (κ1) is 18.1. The Bertz CT molecular complexity index is 799. The fourth-order valence-corrected chi connectivity index (χ4v) is 5.84. The van der Waals surface area contributed by atoms with Gasteiger partial charge >= 0.3 is 0 Å². The number of aliphatic imine (C=N–C) groups is 1. The van der Waals surface area contributed by atoms with Gasteiger partial charge in [-0.3, -0.25) is 16.1 Å². The fraction of sp³-hybridized carbons (Fsp3) is 0.650. The van der Waals surface area contributed by atoms with Crippen molar-refractivity contribution >= 4 is 11.6 Å². The van der Waals surface area contributed by atoms with Gasteiger partial charge in [0.25, 0.3) is 0 Å². The van der Waals surface area contributed by atoms with Crippen molar-refractivity contribution in [3.8, 4) is 0 Å². The summed E-state index contributed by atoms with van der Waals surface area (Å²) in [4.78, 5) is 8.97. The number of nitrogens with one attached hydrogen (secondary N) is 2. The van der Waals surface area contributed by atoms with Crippen LogP contribution in [0.3, 0.4) is 0 Å². The molecule has 0 spiro atoms. The average Bonchev–Trinajstić information content (AvgIpc) is 3.38. The predicted molar refractivity (Wildman–Crippen MR) is 108 cm³/mol. The van der Waals surface area contributed by atoms with E-state index in [1.165, 1.54) is 31.7 Å². The topological polar surface area (TPSA) is 94.9 Å². The number of anilines is 1. The Hall–Kier alpha value is -1.90. The van der Waals surface area contributed by atoms with Gasteiger partial charge in [0.2, 0.25) is 11.7 Å². The summed E-state index contributed by atoms with van der Waals surface area (Å²) in [5.74, 6) is 0.514. The Morgan fingerprint density at radius 1 is 1.25 bits per heavy atom. The molecule has 5 atom stereocenters. The SMILES string of the molecule is C[C@@H]1CN(c2ccc(C3(N)N=C(N)NN3)cc2F)CCN1[C@H]1C[C@@H]2CC[C@H]1C2. The van der Waals surface area contributed by atoms with Gasteiger partial charge in [-0.15, -0.1) is 0 Å². The summed E-state index contributed by atoms with van der Waals surface area (Å²) in [6, 6.07) is 6.26. The van der Waals surface area contributed by atoms with Crippen LogP contribution in [-0.2, 0) is 5.79 Å². The number of benzene rings is 1. The van der Waals surface area contributed by atoms with Crippen molar-refractivity contribution in [2.45, 2.75) is 50.5 Å². The van der Waals surface area contributed by atoms with Crippen molar-refractivity contribution in [3.63, 3.8) is 0 Å². The molecule has 0 aromatic heterocycles. The molecule has 4 aliphatic rings. The minimum absolute atomic E-state index is 0.192. The molecule has 152 valence electrons. The van der Waals surface area contributed by atoms with Crippen LogP contribution < -0.4 is 27.2 Å². The fourth-order valence-electron chi connectivity index (χ4n) is 5.84. The zero-order valence-corrected chi connectivity index (χ0v) is 16.4. The second-order valence-electron chi connectivity index (χ2n) is 8.95. The molecule has 8 heteroatoms. The van der Waals surface area contributed by atoms with Crippen molar-refractivity contribution in [2.24, 2.45) is 28.3 Å². The molecule has 28 heavy (non-hydrogen) atoms. The van der Waals surface area contributed by atoms with Crippen molar-refractivity contribution < 1.29 is 4.39 Å². The number of nitrogens with two attached hydrogens (primary N) is 2. The smallest absolute Gasteiger partial charge is 0.209 e. The second-order valence-corrected chi connectivity index (χ2v) is 8.95. The first-order valence-electron chi connectivity index (χ1n) is 10.4. The van der Waals surface area contributed by atoms with Crippen LogP contribution in [0, 0.1) is 17.7 Å². The van der Waals surface area contributed by atoms with E-state index in [0.29, 0.717) is 17.3 Å². The van der Waals surface area contributed by atoms with Crippen LogP contribution in [0.5, 0.6) is 0 Å². The molecule has 6 N–H and O–H groups in total. The van der Waals surface area contributed by atoms with Gasteiger partial charge in [-0.2, -0.15) is 5.43 Å². The predicted octanol–water partition coefficient (Wildman–Crippen LogP) is 1.02. The van der Waals surface area contributed by atoms with E-state index in [0.717, 1.165) is 37.5 Å². The van der Waals surface area contributed by atoms with Crippen LogP contribution in [-0.4, -0.2) is 42.6 Å². The summed E-state index contributed by atoms with van der Waals surface area (Å²) in [5.41, 5.74) is 18.4. The zero-order chi connectivity index (χ0) is 19.5. The third kappa shape index (κ3) is 2.94. The van der Waals surface area contributed by atoms with E-state index >= 15 is 0 Å². The van der Waals surface area contributed by atoms with Gasteiger partial charge in [0.05, 0.1) is 5.69 Å². The number of hydrazine groups is 1. The van der Waals surface area contributed by atoms with E-state index in [9.17, 15) is 4.39 Å². The number of nitrogens with zero attached hydrogens (tertiary/aromatic N) is 3. The minimum atomic E-state index is -1.24. The standard InChI is InChI=1S/C20H30FN7/c1-12-11-27(6-7-28(12)18-9-13-2-3-14(18)8-13)17-5-4-15(10-16(17)21)20(23)24-19(22)25-26-20/h4-5,10,12-14,18,26H,2-3,6-9,11,23H2,1H3,(H3,22,24,25)/t12-,13-,14+,18+,20?/m1/s1. The summed E-state index contributed by atoms with van der Waals surface area (Å²) in [7, 11) is 0. The number of rotatable bonds is 3. The largest absolute Gasteiger partial charge is 0.369 e. The molecule has 1 aromatic rings. The summed E-state index contributed by atoms with van der Waals surface area (Å²) >= 11 is 0. The highest BCUT2D eigenvalue weighted by Gasteiger charge is 2.44. The van der Waals surface area contributed by atoms with E-state index in [1.807, 2.05) is 12.1 Å². The third-order valence-corrected chi connectivity index (χ3v) is 7.21. The van der Waals surface area contributed by atoms with Gasteiger partial charge in [-0.1, -0.05) is 12.5 Å². The second kappa shape index (κ2) is 6.57. The van der Waals surface area contributed by atoms with Crippen LogP contribution in [0.1, 0.15) is 38.2 Å². The third-order valence-electron chi connectivity index (χ3n) is 7.21. The Morgan fingerprint density at radius 2 is 2.11 bits per heavy atom. The molecule has 2 heterocycles. The molecule has 0 radical (unpaired) electrons. The first-order valence-corrected chi connectivity index (χ1v) is 10.4. The summed E-state index contributed by atoms with van der Waals surface area (Å²) in [5, 5.41) is 0. The number of fused-ring (bicyclic) bond motifs is 2.